The molecule has 5 nitrogen and oxygen atoms in total. The SMILES string of the molecule is C=CCS(=O)(=O)[O-].CC(O)[N+]1(C)CCCCC1. The van der Waals surface area contributed by atoms with E-state index in [4.69, 9.17) is 0 Å². The van der Waals surface area contributed by atoms with Gasteiger partial charge in [-0.15, -0.1) is 6.58 Å². The molecule has 1 heterocycles. The summed E-state index contributed by atoms with van der Waals surface area (Å²) in [4.78, 5) is 0. The van der Waals surface area contributed by atoms with Crippen LogP contribution in [0.3, 0.4) is 0 Å². The van der Waals surface area contributed by atoms with Crippen LogP contribution in [0.5, 0.6) is 0 Å². The van der Waals surface area contributed by atoms with Crippen molar-refractivity contribution in [3.8, 4) is 0 Å². The molecule has 0 aromatic heterocycles. The van der Waals surface area contributed by atoms with Crippen LogP contribution in [0.2, 0.25) is 0 Å². The van der Waals surface area contributed by atoms with Crippen LogP contribution < -0.4 is 0 Å². The maximum Gasteiger partial charge on any atom is 0.187 e. The van der Waals surface area contributed by atoms with Crippen LogP contribution in [0.25, 0.3) is 0 Å². The van der Waals surface area contributed by atoms with E-state index < -0.39 is 15.9 Å². The van der Waals surface area contributed by atoms with Gasteiger partial charge < -0.3 is 14.1 Å². The van der Waals surface area contributed by atoms with Gasteiger partial charge in [0.25, 0.3) is 0 Å². The molecule has 0 radical (unpaired) electrons. The topological polar surface area (TPSA) is 77.4 Å². The largest absolute Gasteiger partial charge is 0.748 e. The molecular weight excluding hydrogens is 242 g/mol. The van der Waals surface area contributed by atoms with Gasteiger partial charge in [-0.2, -0.15) is 0 Å². The molecule has 0 aliphatic carbocycles. The lowest BCUT2D eigenvalue weighted by atomic mass is 10.1. The van der Waals surface area contributed by atoms with Crippen LogP contribution in [0.15, 0.2) is 12.7 Å². The molecule has 6 heteroatoms. The number of hydrogen-bond donors (Lipinski definition) is 1. The number of hydrogen-bond acceptors (Lipinski definition) is 4. The van der Waals surface area contributed by atoms with E-state index in [2.05, 4.69) is 13.6 Å². The summed E-state index contributed by atoms with van der Waals surface area (Å²) in [5, 5.41) is 9.41. The number of nitrogens with zero attached hydrogens (tertiary/aromatic N) is 1. The summed E-state index contributed by atoms with van der Waals surface area (Å²) in [7, 11) is -1.90. The van der Waals surface area contributed by atoms with Crippen molar-refractivity contribution in [1.29, 1.82) is 0 Å². The second kappa shape index (κ2) is 7.10. The number of piperidine rings is 1. The molecule has 0 amide bonds. The number of quaternary nitrogens is 1. The minimum Gasteiger partial charge on any atom is -0.748 e. The summed E-state index contributed by atoms with van der Waals surface area (Å²) >= 11 is 0. The van der Waals surface area contributed by atoms with Crippen molar-refractivity contribution in [2.75, 3.05) is 25.9 Å². The van der Waals surface area contributed by atoms with E-state index in [1.54, 1.807) is 0 Å². The fourth-order valence-electron chi connectivity index (χ4n) is 1.75. The maximum absolute atomic E-state index is 9.60. The van der Waals surface area contributed by atoms with Crippen LogP contribution in [0, 0.1) is 0 Å². The fourth-order valence-corrected chi connectivity index (χ4v) is 2.04. The molecule has 1 N–H and O–H groups in total. The minimum atomic E-state index is -4.04. The lowest BCUT2D eigenvalue weighted by molar-refractivity contribution is -0.956. The van der Waals surface area contributed by atoms with Crippen molar-refractivity contribution in [3.05, 3.63) is 12.7 Å². The Balaban J connectivity index is 0.000000325. The highest BCUT2D eigenvalue weighted by molar-refractivity contribution is 7.85. The zero-order valence-corrected chi connectivity index (χ0v) is 11.4. The Bertz CT molecular complexity index is 318. The molecule has 0 spiro atoms. The van der Waals surface area contributed by atoms with Crippen molar-refractivity contribution in [3.63, 3.8) is 0 Å². The minimum absolute atomic E-state index is 0.180. The van der Waals surface area contributed by atoms with Gasteiger partial charge >= 0.3 is 0 Å². The third-order valence-electron chi connectivity index (χ3n) is 3.06. The first-order valence-electron chi connectivity index (χ1n) is 5.78. The first-order chi connectivity index (χ1) is 7.71. The molecule has 0 aromatic carbocycles. The van der Waals surface area contributed by atoms with Crippen LogP contribution in [0.4, 0.5) is 0 Å². The smallest absolute Gasteiger partial charge is 0.187 e. The summed E-state index contributed by atoms with van der Waals surface area (Å²) in [6, 6.07) is 0. The lowest BCUT2D eigenvalue weighted by Gasteiger charge is -2.39. The van der Waals surface area contributed by atoms with E-state index in [0.29, 0.717) is 0 Å². The summed E-state index contributed by atoms with van der Waals surface area (Å²) in [5.41, 5.74) is 0. The Morgan fingerprint density at radius 3 is 2.06 bits per heavy atom. The van der Waals surface area contributed by atoms with Crippen LogP contribution >= 0.6 is 0 Å². The van der Waals surface area contributed by atoms with E-state index in [1.165, 1.54) is 19.3 Å². The Labute approximate surface area is 104 Å². The molecule has 1 unspecified atom stereocenters. The molecule has 1 fully saturated rings. The van der Waals surface area contributed by atoms with Gasteiger partial charge in [0.1, 0.15) is 0 Å². The molecule has 0 aromatic rings. The standard InChI is InChI=1S/C8H18NO.C3H6O3S/c1-8(10)9(2)6-4-3-5-7-9;1-2-3-7(4,5)6/h8,10H,3-7H2,1-2H3;2H,1,3H2,(H,4,5,6)/q+1;/p-1. The number of likely N-dealkylation sites (tertiary alicyclic amines) is 1. The molecular formula is C11H23NO4S. The number of rotatable bonds is 3. The highest BCUT2D eigenvalue weighted by atomic mass is 32.2. The zero-order chi connectivity index (χ0) is 13.5. The molecule has 1 saturated heterocycles. The van der Waals surface area contributed by atoms with Gasteiger partial charge in [-0.1, -0.05) is 6.08 Å². The predicted octanol–water partition coefficient (Wildman–Crippen LogP) is 0.673. The molecule has 0 bridgehead atoms. The summed E-state index contributed by atoms with van der Waals surface area (Å²) in [6.45, 7) is 7.26. The normalized spacial score (nSPS) is 20.9. The van der Waals surface area contributed by atoms with Gasteiger partial charge in [-0.25, -0.2) is 8.42 Å². The Morgan fingerprint density at radius 2 is 1.88 bits per heavy atom. The number of aliphatic hydroxyl groups excluding tert-OH is 1. The molecule has 102 valence electrons. The second-order valence-corrected chi connectivity index (χ2v) is 6.08. The van der Waals surface area contributed by atoms with Crippen molar-refractivity contribution < 1.29 is 22.6 Å². The van der Waals surface area contributed by atoms with Crippen LogP contribution in [-0.4, -0.2) is 54.7 Å². The first kappa shape index (κ1) is 16.6. The summed E-state index contributed by atoms with van der Waals surface area (Å²) < 4.78 is 29.7. The van der Waals surface area contributed by atoms with Crippen molar-refractivity contribution in [2.24, 2.45) is 0 Å². The van der Waals surface area contributed by atoms with Crippen molar-refractivity contribution >= 4 is 10.1 Å². The van der Waals surface area contributed by atoms with E-state index in [0.717, 1.165) is 23.6 Å². The quantitative estimate of drug-likeness (QED) is 0.462. The average Bonchev–Trinajstić information content (AvgIpc) is 2.17. The Hall–Kier alpha value is -0.430. The first-order valence-corrected chi connectivity index (χ1v) is 7.36. The molecule has 1 aliphatic heterocycles. The van der Waals surface area contributed by atoms with E-state index in [9.17, 15) is 18.1 Å². The van der Waals surface area contributed by atoms with Gasteiger partial charge in [-0.05, 0) is 19.3 Å². The highest BCUT2D eigenvalue weighted by Gasteiger charge is 2.28. The van der Waals surface area contributed by atoms with Gasteiger partial charge in [-0.3, -0.25) is 0 Å². The lowest BCUT2D eigenvalue weighted by Crippen LogP contribution is -2.53. The molecule has 1 atom stereocenters. The van der Waals surface area contributed by atoms with Crippen molar-refractivity contribution in [2.45, 2.75) is 32.4 Å². The predicted molar refractivity (Wildman–Crippen MR) is 66.2 cm³/mol. The Morgan fingerprint density at radius 1 is 1.41 bits per heavy atom. The van der Waals surface area contributed by atoms with Gasteiger partial charge in [0.15, 0.2) is 6.23 Å². The molecule has 1 rings (SSSR count). The summed E-state index contributed by atoms with van der Waals surface area (Å²) in [6.07, 6.45) is 4.78. The third kappa shape index (κ3) is 7.49. The van der Waals surface area contributed by atoms with Crippen LogP contribution in [0.1, 0.15) is 26.2 Å². The Kier molecular flexibility index (Phi) is 6.92. The van der Waals surface area contributed by atoms with Gasteiger partial charge in [0.05, 0.1) is 36.0 Å². The molecule has 1 aliphatic rings. The molecule has 17 heavy (non-hydrogen) atoms. The summed E-state index contributed by atoms with van der Waals surface area (Å²) in [5.74, 6) is -0.479. The fraction of sp³-hybridized carbons (Fsp3) is 0.818. The highest BCUT2D eigenvalue weighted by Crippen LogP contribution is 2.18. The average molecular weight is 265 g/mol. The van der Waals surface area contributed by atoms with E-state index >= 15 is 0 Å². The van der Waals surface area contributed by atoms with Crippen LogP contribution in [-0.2, 0) is 10.1 Å². The maximum atomic E-state index is 9.60. The third-order valence-corrected chi connectivity index (χ3v) is 3.71. The van der Waals surface area contributed by atoms with Gasteiger partial charge in [0.2, 0.25) is 0 Å². The zero-order valence-electron chi connectivity index (χ0n) is 10.6. The molecule has 0 saturated carbocycles. The number of aliphatic hydroxyl groups is 1. The van der Waals surface area contributed by atoms with Gasteiger partial charge in [0, 0.05) is 6.92 Å². The van der Waals surface area contributed by atoms with E-state index in [1.807, 2.05) is 6.92 Å². The second-order valence-electron chi connectivity index (χ2n) is 4.63. The monoisotopic (exact) mass is 265 g/mol. The van der Waals surface area contributed by atoms with Crippen molar-refractivity contribution in [1.82, 2.24) is 0 Å². The van der Waals surface area contributed by atoms with E-state index in [-0.39, 0.29) is 6.23 Å².